The summed E-state index contributed by atoms with van der Waals surface area (Å²) >= 11 is 0. The average Bonchev–Trinajstić information content (AvgIpc) is 3.26. The maximum absolute atomic E-state index is 14.6. The Kier molecular flexibility index (Phi) is 7.40. The largest absolute Gasteiger partial charge is 0.352 e. The summed E-state index contributed by atoms with van der Waals surface area (Å²) < 4.78 is 14.6. The number of hydrogen-bond donors (Lipinski definition) is 3. The molecule has 0 bridgehead atoms. The van der Waals surface area contributed by atoms with E-state index in [2.05, 4.69) is 15.6 Å². The number of likely N-dealkylation sites (tertiary alicyclic amines) is 1. The van der Waals surface area contributed by atoms with Gasteiger partial charge in [-0.25, -0.2) is 9.78 Å². The zero-order chi connectivity index (χ0) is 23.3. The van der Waals surface area contributed by atoms with Crippen molar-refractivity contribution >= 4 is 17.8 Å². The van der Waals surface area contributed by atoms with Crippen LogP contribution in [0.2, 0.25) is 0 Å². The summed E-state index contributed by atoms with van der Waals surface area (Å²) in [6.45, 7) is 3.90. The lowest BCUT2D eigenvalue weighted by Crippen LogP contribution is -2.50. The van der Waals surface area contributed by atoms with Crippen LogP contribution in [0.3, 0.4) is 0 Å². The van der Waals surface area contributed by atoms with Crippen LogP contribution in [0.1, 0.15) is 55.5 Å². The Morgan fingerprint density at radius 1 is 1.19 bits per heavy atom. The van der Waals surface area contributed by atoms with Crippen molar-refractivity contribution in [3.05, 3.63) is 65.2 Å². The second kappa shape index (κ2) is 10.2. The summed E-state index contributed by atoms with van der Waals surface area (Å²) in [6, 6.07) is 10.4. The number of amides is 4. The van der Waals surface area contributed by atoms with E-state index in [1.54, 1.807) is 12.1 Å². The number of nitrogens with two attached hydrogens (primary N) is 1. The molecule has 1 aliphatic rings. The standard InChI is InChI=1S/C23H28FN5O3/c1-14(2)16-10-11-17(27-21(16)24)20(15-7-4-3-5-8-15)28-22(31)18-9-6-12-29(18)19(30)13-26-23(25)32/h3-5,7-8,10-11,14,18,20H,6,9,12-13H2,1-2H3,(H,28,31)(H3,25,26,32)/t18-,20-/m0/s1. The molecule has 1 aromatic heterocycles. The van der Waals surface area contributed by atoms with E-state index in [1.165, 1.54) is 4.90 Å². The number of nitrogens with zero attached hydrogens (tertiary/aromatic N) is 2. The molecule has 1 fully saturated rings. The summed E-state index contributed by atoms with van der Waals surface area (Å²) in [5.41, 5.74) is 6.65. The first kappa shape index (κ1) is 23.2. The van der Waals surface area contributed by atoms with Crippen LogP contribution in [0.4, 0.5) is 9.18 Å². The van der Waals surface area contributed by atoms with Crippen LogP contribution in [0.5, 0.6) is 0 Å². The number of pyridine rings is 1. The number of halogens is 1. The first-order valence-corrected chi connectivity index (χ1v) is 10.6. The zero-order valence-corrected chi connectivity index (χ0v) is 18.2. The van der Waals surface area contributed by atoms with Crippen LogP contribution >= 0.6 is 0 Å². The number of hydrogen-bond acceptors (Lipinski definition) is 4. The molecule has 8 nitrogen and oxygen atoms in total. The molecular formula is C23H28FN5O3. The summed E-state index contributed by atoms with van der Waals surface area (Å²) in [7, 11) is 0. The smallest absolute Gasteiger partial charge is 0.312 e. The summed E-state index contributed by atoms with van der Waals surface area (Å²) in [4.78, 5) is 42.1. The number of aromatic nitrogens is 1. The SMILES string of the molecule is CC(C)c1ccc([C@@H](NC(=O)[C@@H]2CCCN2C(=O)CNC(N)=O)c2ccccc2)nc1F. The van der Waals surface area contributed by atoms with Gasteiger partial charge >= 0.3 is 6.03 Å². The van der Waals surface area contributed by atoms with Crippen molar-refractivity contribution in [1.29, 1.82) is 0 Å². The van der Waals surface area contributed by atoms with Crippen LogP contribution in [0.25, 0.3) is 0 Å². The van der Waals surface area contributed by atoms with Crippen molar-refractivity contribution in [2.75, 3.05) is 13.1 Å². The highest BCUT2D eigenvalue weighted by Crippen LogP contribution is 2.26. The number of rotatable bonds is 7. The minimum absolute atomic E-state index is 0.0200. The molecule has 2 atom stereocenters. The van der Waals surface area contributed by atoms with Gasteiger partial charge in [-0.3, -0.25) is 9.59 Å². The lowest BCUT2D eigenvalue weighted by atomic mass is 9.99. The molecule has 0 unspecified atom stereocenters. The molecule has 2 heterocycles. The van der Waals surface area contributed by atoms with Gasteiger partial charge in [0.15, 0.2) is 0 Å². The van der Waals surface area contributed by atoms with Gasteiger partial charge < -0.3 is 21.3 Å². The number of carbonyl (C=O) groups is 3. The molecule has 1 aliphatic heterocycles. The van der Waals surface area contributed by atoms with Crippen LogP contribution in [0, 0.1) is 5.95 Å². The molecule has 9 heteroatoms. The lowest BCUT2D eigenvalue weighted by Gasteiger charge is -2.27. The Hall–Kier alpha value is -3.49. The van der Waals surface area contributed by atoms with Crippen LogP contribution in [-0.2, 0) is 9.59 Å². The highest BCUT2D eigenvalue weighted by Gasteiger charge is 2.35. The molecule has 32 heavy (non-hydrogen) atoms. The lowest BCUT2D eigenvalue weighted by molar-refractivity contribution is -0.137. The highest BCUT2D eigenvalue weighted by atomic mass is 19.1. The fraction of sp³-hybridized carbons (Fsp3) is 0.391. The fourth-order valence-corrected chi connectivity index (χ4v) is 3.86. The number of benzene rings is 1. The van der Waals surface area contributed by atoms with Crippen molar-refractivity contribution in [1.82, 2.24) is 20.5 Å². The van der Waals surface area contributed by atoms with Gasteiger partial charge in [0.05, 0.1) is 18.3 Å². The van der Waals surface area contributed by atoms with Gasteiger partial charge in [0, 0.05) is 12.1 Å². The zero-order valence-electron chi connectivity index (χ0n) is 18.2. The topological polar surface area (TPSA) is 117 Å². The molecule has 2 aromatic rings. The Balaban J connectivity index is 1.84. The van der Waals surface area contributed by atoms with Crippen LogP contribution in [-0.4, -0.2) is 46.9 Å². The monoisotopic (exact) mass is 441 g/mol. The first-order valence-electron chi connectivity index (χ1n) is 10.6. The predicted molar refractivity (Wildman–Crippen MR) is 117 cm³/mol. The third kappa shape index (κ3) is 5.40. The molecule has 1 saturated heterocycles. The summed E-state index contributed by atoms with van der Waals surface area (Å²) in [6.07, 6.45) is 1.15. The van der Waals surface area contributed by atoms with Crippen LogP contribution in [0.15, 0.2) is 42.5 Å². The Bertz CT molecular complexity index is 983. The van der Waals surface area contributed by atoms with Gasteiger partial charge in [-0.15, -0.1) is 0 Å². The molecule has 4 amide bonds. The van der Waals surface area contributed by atoms with Crippen molar-refractivity contribution in [3.8, 4) is 0 Å². The van der Waals surface area contributed by atoms with E-state index < -0.39 is 24.1 Å². The predicted octanol–water partition coefficient (Wildman–Crippen LogP) is 2.21. The second-order valence-corrected chi connectivity index (χ2v) is 8.09. The molecule has 4 N–H and O–H groups in total. The van der Waals surface area contributed by atoms with E-state index >= 15 is 0 Å². The van der Waals surface area contributed by atoms with E-state index in [0.717, 1.165) is 5.56 Å². The number of urea groups is 1. The van der Waals surface area contributed by atoms with E-state index in [9.17, 15) is 18.8 Å². The van der Waals surface area contributed by atoms with Crippen molar-refractivity contribution in [2.45, 2.75) is 44.7 Å². The Labute approximate surface area is 186 Å². The Morgan fingerprint density at radius 3 is 2.53 bits per heavy atom. The Morgan fingerprint density at radius 2 is 1.91 bits per heavy atom. The third-order valence-electron chi connectivity index (χ3n) is 5.53. The normalized spacial score (nSPS) is 16.6. The highest BCUT2D eigenvalue weighted by molar-refractivity contribution is 5.90. The maximum atomic E-state index is 14.6. The molecule has 0 saturated carbocycles. The quantitative estimate of drug-likeness (QED) is 0.571. The molecule has 1 aromatic carbocycles. The average molecular weight is 442 g/mol. The van der Waals surface area contributed by atoms with E-state index in [-0.39, 0.29) is 24.3 Å². The minimum Gasteiger partial charge on any atom is -0.352 e. The van der Waals surface area contributed by atoms with Crippen molar-refractivity contribution in [3.63, 3.8) is 0 Å². The van der Waals surface area contributed by atoms with E-state index in [1.807, 2.05) is 44.2 Å². The van der Waals surface area contributed by atoms with Crippen molar-refractivity contribution < 1.29 is 18.8 Å². The van der Waals surface area contributed by atoms with Crippen molar-refractivity contribution in [2.24, 2.45) is 5.73 Å². The molecule has 0 aliphatic carbocycles. The van der Waals surface area contributed by atoms with Gasteiger partial charge in [0.1, 0.15) is 6.04 Å². The summed E-state index contributed by atoms with van der Waals surface area (Å²) in [5, 5.41) is 5.20. The van der Waals surface area contributed by atoms with E-state index in [4.69, 9.17) is 5.73 Å². The molecule has 0 spiro atoms. The van der Waals surface area contributed by atoms with Crippen LogP contribution < -0.4 is 16.4 Å². The minimum atomic E-state index is -0.805. The third-order valence-corrected chi connectivity index (χ3v) is 5.53. The number of primary amides is 1. The second-order valence-electron chi connectivity index (χ2n) is 8.09. The first-order chi connectivity index (χ1) is 15.3. The summed E-state index contributed by atoms with van der Waals surface area (Å²) in [5.74, 6) is -1.33. The number of carbonyl (C=O) groups excluding carboxylic acids is 3. The fourth-order valence-electron chi connectivity index (χ4n) is 3.86. The maximum Gasteiger partial charge on any atom is 0.312 e. The van der Waals surface area contributed by atoms with Gasteiger partial charge in [-0.1, -0.05) is 50.2 Å². The molecule has 3 rings (SSSR count). The molecular weight excluding hydrogens is 413 g/mol. The van der Waals surface area contributed by atoms with Gasteiger partial charge in [0.2, 0.25) is 17.8 Å². The van der Waals surface area contributed by atoms with Gasteiger partial charge in [-0.2, -0.15) is 4.39 Å². The molecule has 0 radical (unpaired) electrons. The number of nitrogens with one attached hydrogen (secondary N) is 2. The molecule has 170 valence electrons. The van der Waals surface area contributed by atoms with Gasteiger partial charge in [-0.05, 0) is 30.4 Å². The van der Waals surface area contributed by atoms with E-state index in [0.29, 0.717) is 30.6 Å². The van der Waals surface area contributed by atoms with Gasteiger partial charge in [0.25, 0.3) is 0 Å².